The van der Waals surface area contributed by atoms with Gasteiger partial charge in [-0.3, -0.25) is 53.1 Å². The molecular weight excluding hydrogens is 953 g/mol. The highest BCUT2D eigenvalue weighted by atomic mass is 32.1. The third-order valence-corrected chi connectivity index (χ3v) is 10.2. The number of hydrogen-bond acceptors (Lipinski definition) is 16. The Kier molecular flexibility index (Phi) is 24.1. The van der Waals surface area contributed by atoms with Gasteiger partial charge >= 0.3 is 29.8 Å². The second-order valence-corrected chi connectivity index (χ2v) is 15.9. The number of methoxy groups -OCH3 is 2. The van der Waals surface area contributed by atoms with Crippen molar-refractivity contribution in [3.8, 4) is 23.0 Å². The number of nitrogens with zero attached hydrogens (tertiary/aromatic N) is 3. The van der Waals surface area contributed by atoms with Gasteiger partial charge in [-0.1, -0.05) is 36.4 Å². The summed E-state index contributed by atoms with van der Waals surface area (Å²) in [4.78, 5) is 98.9. The van der Waals surface area contributed by atoms with E-state index >= 15 is 0 Å². The number of rotatable bonds is 33. The van der Waals surface area contributed by atoms with Crippen molar-refractivity contribution in [2.24, 2.45) is 0 Å². The molecule has 3 aromatic rings. The van der Waals surface area contributed by atoms with E-state index in [0.717, 1.165) is 9.80 Å². The molecule has 382 valence electrons. The number of amides is 1. The molecule has 0 aliphatic heterocycles. The number of nitrogens with one attached hydrogen (secondary N) is 3. The number of benzene rings is 3. The van der Waals surface area contributed by atoms with E-state index in [9.17, 15) is 69.0 Å². The number of phenols is 1. The number of ether oxygens (including phenoxy) is 3. The fourth-order valence-corrected chi connectivity index (χ4v) is 6.91. The summed E-state index contributed by atoms with van der Waals surface area (Å²) in [6, 6.07) is 15.1. The molecule has 0 aliphatic rings. The van der Waals surface area contributed by atoms with Gasteiger partial charge in [-0.2, -0.15) is 0 Å². The molecule has 0 aromatic heterocycles. The minimum absolute atomic E-state index is 0.0450. The van der Waals surface area contributed by atoms with Crippen LogP contribution in [0.15, 0.2) is 72.8 Å². The summed E-state index contributed by atoms with van der Waals surface area (Å²) in [5.41, 5.74) is 2.32. The molecule has 0 aliphatic carbocycles. The molecule has 3 aromatic carbocycles. The first-order valence-electron chi connectivity index (χ1n) is 21.5. The molecule has 0 saturated carbocycles. The van der Waals surface area contributed by atoms with Crippen LogP contribution < -0.4 is 30.2 Å². The lowest BCUT2D eigenvalue weighted by Crippen LogP contribution is -2.51. The number of hydrogen-bond donors (Lipinski definition) is 9. The van der Waals surface area contributed by atoms with Crippen molar-refractivity contribution >= 4 is 82.5 Å². The largest absolute Gasteiger partial charge is 0.504 e. The molecule has 1 unspecified atom stereocenters. The number of ketones is 2. The van der Waals surface area contributed by atoms with Crippen molar-refractivity contribution in [3.05, 3.63) is 89.5 Å². The molecule has 3 rings (SSSR count). The van der Waals surface area contributed by atoms with Gasteiger partial charge in [-0.05, 0) is 83.9 Å². The number of carboxylic acids is 5. The lowest BCUT2D eigenvalue weighted by atomic mass is 10.0. The highest BCUT2D eigenvalue weighted by molar-refractivity contribution is 7.80. The first-order chi connectivity index (χ1) is 33.7. The predicted molar refractivity (Wildman–Crippen MR) is 260 cm³/mol. The maximum Gasteiger partial charge on any atom is 0.317 e. The van der Waals surface area contributed by atoms with Gasteiger partial charge in [0.1, 0.15) is 0 Å². The zero-order valence-electron chi connectivity index (χ0n) is 38.8. The number of carboxylic acid groups (broad SMARTS) is 5. The molecular formula is C47H56N6O17S. The van der Waals surface area contributed by atoms with Crippen LogP contribution in [0, 0.1) is 0 Å². The number of carbonyl (C=O) groups excluding carboxylic acids is 3. The molecule has 1 amide bonds. The summed E-state index contributed by atoms with van der Waals surface area (Å²) in [5, 5.41) is 65.8. The van der Waals surface area contributed by atoms with E-state index in [1.54, 1.807) is 54.6 Å². The Morgan fingerprint density at radius 3 is 1.69 bits per heavy atom. The average molecular weight is 1010 g/mol. The van der Waals surface area contributed by atoms with Crippen LogP contribution in [0.3, 0.4) is 0 Å². The first kappa shape index (κ1) is 57.4. The molecule has 0 radical (unpaired) electrons. The molecule has 71 heavy (non-hydrogen) atoms. The third kappa shape index (κ3) is 22.8. The molecule has 0 bridgehead atoms. The van der Waals surface area contributed by atoms with E-state index in [0.29, 0.717) is 22.4 Å². The highest BCUT2D eigenvalue weighted by Crippen LogP contribution is 2.29. The predicted octanol–water partition coefficient (Wildman–Crippen LogP) is 1.39. The van der Waals surface area contributed by atoms with Crippen molar-refractivity contribution in [1.29, 1.82) is 0 Å². The van der Waals surface area contributed by atoms with Crippen LogP contribution in [0.2, 0.25) is 0 Å². The fraction of sp³-hybridized carbons (Fsp3) is 0.340. The second-order valence-electron chi connectivity index (χ2n) is 15.5. The van der Waals surface area contributed by atoms with Gasteiger partial charge in [0.25, 0.3) is 5.91 Å². The number of allylic oxidation sites excluding steroid dienone is 2. The SMILES string of the molecule is COc1cc(/C=C/C(=O)CC(=O)/C=C/c2ccc(OCC(=O)NCCNC(=S)Nc3ccc(CC(CN(CCN(CC(=O)O)CC(=O)O)CC(=O)O)N(CC(=O)O)CC(=O)O)cc3)c(OC)c2)ccc1O. The smallest absolute Gasteiger partial charge is 0.317 e. The summed E-state index contributed by atoms with van der Waals surface area (Å²) >= 11 is 5.38. The minimum atomic E-state index is -1.33. The maximum atomic E-state index is 12.6. The van der Waals surface area contributed by atoms with Crippen LogP contribution in [-0.4, -0.2) is 190 Å². The number of phenolic OH excluding ortho intramolecular Hbond substituents is 1. The van der Waals surface area contributed by atoms with Crippen LogP contribution >= 0.6 is 12.2 Å². The number of carbonyl (C=O) groups is 8. The monoisotopic (exact) mass is 1010 g/mol. The number of anilines is 1. The Labute approximate surface area is 412 Å². The summed E-state index contributed by atoms with van der Waals surface area (Å²) in [6.07, 6.45) is 5.23. The van der Waals surface area contributed by atoms with Gasteiger partial charge in [-0.25, -0.2) is 0 Å². The van der Waals surface area contributed by atoms with Crippen LogP contribution in [-0.2, 0) is 44.8 Å². The van der Waals surface area contributed by atoms with Crippen molar-refractivity contribution in [2.75, 3.05) is 91.6 Å². The van der Waals surface area contributed by atoms with Gasteiger partial charge in [-0.15, -0.1) is 0 Å². The van der Waals surface area contributed by atoms with E-state index in [4.69, 9.17) is 26.4 Å². The summed E-state index contributed by atoms with van der Waals surface area (Å²) in [7, 11) is 2.81. The zero-order valence-corrected chi connectivity index (χ0v) is 39.6. The Morgan fingerprint density at radius 2 is 1.14 bits per heavy atom. The Balaban J connectivity index is 1.50. The van der Waals surface area contributed by atoms with E-state index in [1.807, 2.05) is 0 Å². The standard InChI is InChI=1S/C47H56N6O17S/c1-68-39-20-31(7-13-37(39)56)5-11-35(54)22-36(55)12-6-32-8-14-38(40(21-32)69-2)70-29-41(57)48-15-16-49-47(71)50-33-9-3-30(4-10-33)19-34(53(27-45(64)65)28-46(66)67)23-51(24-42(58)59)17-18-52(25-43(60)61)26-44(62)63/h3-14,20-21,34,56H,15-19,22-29H2,1-2H3,(H,48,57)(H,58,59)(H,60,61)(H,62,63)(H,64,65)(H,66,67)(H2,49,50,71)/b11-5+,12-6+. The zero-order chi connectivity index (χ0) is 52.5. The van der Waals surface area contributed by atoms with Crippen LogP contribution in [0.4, 0.5) is 5.69 Å². The fourth-order valence-electron chi connectivity index (χ4n) is 6.69. The van der Waals surface area contributed by atoms with Gasteiger partial charge in [0, 0.05) is 44.5 Å². The van der Waals surface area contributed by atoms with Gasteiger partial charge in [0.05, 0.1) is 53.4 Å². The lowest BCUT2D eigenvalue weighted by Gasteiger charge is -2.34. The molecule has 1 atom stereocenters. The lowest BCUT2D eigenvalue weighted by molar-refractivity contribution is -0.144. The maximum absolute atomic E-state index is 12.6. The van der Waals surface area contributed by atoms with Crippen molar-refractivity contribution in [1.82, 2.24) is 25.3 Å². The third-order valence-electron chi connectivity index (χ3n) is 9.91. The van der Waals surface area contributed by atoms with Crippen LogP contribution in [0.5, 0.6) is 23.0 Å². The van der Waals surface area contributed by atoms with Crippen LogP contribution in [0.25, 0.3) is 12.2 Å². The van der Waals surface area contributed by atoms with Gasteiger partial charge < -0.3 is 60.8 Å². The molecule has 9 N–H and O–H groups in total. The Bertz CT molecular complexity index is 2400. The van der Waals surface area contributed by atoms with Gasteiger partial charge in [0.2, 0.25) is 0 Å². The van der Waals surface area contributed by atoms with Gasteiger partial charge in [0.15, 0.2) is 46.3 Å². The summed E-state index contributed by atoms with van der Waals surface area (Å²) in [6.45, 7) is -3.71. The Morgan fingerprint density at radius 1 is 0.634 bits per heavy atom. The van der Waals surface area contributed by atoms with E-state index in [2.05, 4.69) is 16.0 Å². The topological polar surface area (TPSA) is 331 Å². The second kappa shape index (κ2) is 29.8. The van der Waals surface area contributed by atoms with Crippen LogP contribution in [0.1, 0.15) is 23.1 Å². The van der Waals surface area contributed by atoms with Crippen molar-refractivity contribution in [3.63, 3.8) is 0 Å². The minimum Gasteiger partial charge on any atom is -0.504 e. The molecule has 23 nitrogen and oxygen atoms in total. The van der Waals surface area contributed by atoms with Crippen molar-refractivity contribution < 1.29 is 83.2 Å². The number of thiocarbonyl (C=S) groups is 1. The van der Waals surface area contributed by atoms with E-state index in [1.165, 1.54) is 49.5 Å². The summed E-state index contributed by atoms with van der Waals surface area (Å²) in [5.74, 6) is -7.10. The molecule has 0 spiro atoms. The first-order valence-corrected chi connectivity index (χ1v) is 21.9. The molecule has 0 fully saturated rings. The van der Waals surface area contributed by atoms with E-state index < -0.39 is 86.1 Å². The molecule has 0 saturated heterocycles. The number of aromatic hydroxyl groups is 1. The Hall–Kier alpha value is -7.93. The molecule has 0 heterocycles. The van der Waals surface area contributed by atoms with E-state index in [-0.39, 0.29) is 80.3 Å². The normalized spacial score (nSPS) is 11.6. The number of aliphatic carboxylic acids is 5. The highest BCUT2D eigenvalue weighted by Gasteiger charge is 2.27. The summed E-state index contributed by atoms with van der Waals surface area (Å²) < 4.78 is 16.1. The molecule has 24 heteroatoms. The quantitative estimate of drug-likeness (QED) is 0.0180. The van der Waals surface area contributed by atoms with Crippen molar-refractivity contribution in [2.45, 2.75) is 18.9 Å². The average Bonchev–Trinajstić information content (AvgIpc) is 3.29.